The van der Waals surface area contributed by atoms with Crippen LogP contribution in [0.25, 0.3) is 22.8 Å². The van der Waals surface area contributed by atoms with Crippen LogP contribution in [0, 0.1) is 6.92 Å². The maximum atomic E-state index is 11.0. The van der Waals surface area contributed by atoms with Gasteiger partial charge in [0.05, 0.1) is 6.10 Å². The maximum Gasteiger partial charge on any atom is 0.258 e. The van der Waals surface area contributed by atoms with Gasteiger partial charge in [-0.15, -0.1) is 0 Å². The maximum absolute atomic E-state index is 11.0. The summed E-state index contributed by atoms with van der Waals surface area (Å²) in [6.07, 6.45) is -1.04. The molecule has 1 unspecified atom stereocenters. The lowest BCUT2D eigenvalue weighted by Gasteiger charge is -2.18. The predicted molar refractivity (Wildman–Crippen MR) is 142 cm³/mol. The van der Waals surface area contributed by atoms with E-state index in [4.69, 9.17) is 20.0 Å². The van der Waals surface area contributed by atoms with E-state index < -0.39 is 18.1 Å². The zero-order chi connectivity index (χ0) is 27.1. The Morgan fingerprint density at radius 3 is 2.46 bits per heavy atom. The number of carbonyl (C=O) groups is 1. The number of aliphatic hydroxyl groups excluding tert-OH is 2. The fraction of sp³-hybridized carbons (Fsp3) is 0.464. The van der Waals surface area contributed by atoms with E-state index >= 15 is 0 Å². The van der Waals surface area contributed by atoms with Crippen LogP contribution >= 0.6 is 0 Å². The van der Waals surface area contributed by atoms with Gasteiger partial charge in [-0.3, -0.25) is 4.79 Å². The van der Waals surface area contributed by atoms with Gasteiger partial charge in [0.2, 0.25) is 11.7 Å². The van der Waals surface area contributed by atoms with Crippen LogP contribution in [0.15, 0.2) is 34.9 Å². The minimum Gasteiger partial charge on any atom is -0.490 e. The molecule has 2 aromatic carbocycles. The average Bonchev–Trinajstić information content (AvgIpc) is 3.37. The summed E-state index contributed by atoms with van der Waals surface area (Å²) in [5.74, 6) is 0.720. The zero-order valence-corrected chi connectivity index (χ0v) is 22.3. The molecule has 0 radical (unpaired) electrons. The molecule has 0 bridgehead atoms. The first kappa shape index (κ1) is 28.3. The highest BCUT2D eigenvalue weighted by molar-refractivity contribution is 5.78. The molecule has 1 aromatic heterocycles. The molecule has 0 aliphatic carbocycles. The number of rotatable bonds is 13. The van der Waals surface area contributed by atoms with Crippen LogP contribution in [0.2, 0.25) is 0 Å². The molecule has 0 fully saturated rings. The molecule has 2 atom stereocenters. The van der Waals surface area contributed by atoms with E-state index in [0.717, 1.165) is 41.8 Å². The summed E-state index contributed by atoms with van der Waals surface area (Å²) >= 11 is 0. The van der Waals surface area contributed by atoms with Crippen molar-refractivity contribution in [3.8, 4) is 28.6 Å². The van der Waals surface area contributed by atoms with E-state index in [-0.39, 0.29) is 13.0 Å². The number of carbonyl (C=O) groups excluding carboxylic acids is 1. The lowest BCUT2D eigenvalue weighted by atomic mass is 10.0. The molecule has 9 heteroatoms. The standard InChI is InChI=1S/C28H38N4O5/c1-6-18-10-19(15-32(5)8-3)12-22(11-18)28-30-27(31-37-28)21-9-17(4)25(20(7-2)13-21)36-16-23(33)14-24(34)26(29)35/h9-13,23-24,33-34H,6-8,14-16H2,1-5H3,(H2,29,35)/t23-,24?/m0/s1. The Morgan fingerprint density at radius 1 is 1.08 bits per heavy atom. The lowest BCUT2D eigenvalue weighted by molar-refractivity contribution is -0.127. The molecule has 3 rings (SSSR count). The van der Waals surface area contributed by atoms with Crippen molar-refractivity contribution in [3.05, 3.63) is 52.6 Å². The van der Waals surface area contributed by atoms with Crippen molar-refractivity contribution in [2.75, 3.05) is 20.2 Å². The normalized spacial score (nSPS) is 13.1. The second-order valence-corrected chi connectivity index (χ2v) is 9.40. The van der Waals surface area contributed by atoms with Gasteiger partial charge in [-0.2, -0.15) is 4.98 Å². The van der Waals surface area contributed by atoms with E-state index in [1.165, 1.54) is 11.1 Å². The summed E-state index contributed by atoms with van der Waals surface area (Å²) in [6, 6.07) is 10.3. The highest BCUT2D eigenvalue weighted by Gasteiger charge is 2.20. The molecule has 0 saturated carbocycles. The summed E-state index contributed by atoms with van der Waals surface area (Å²) in [7, 11) is 2.09. The number of hydrogen-bond acceptors (Lipinski definition) is 8. The first-order valence-corrected chi connectivity index (χ1v) is 12.7. The molecular weight excluding hydrogens is 472 g/mol. The van der Waals surface area contributed by atoms with Crippen molar-refractivity contribution in [1.29, 1.82) is 0 Å². The molecule has 0 saturated heterocycles. The summed E-state index contributed by atoms with van der Waals surface area (Å²) in [5.41, 5.74) is 10.9. The number of aliphatic hydroxyl groups is 2. The molecule has 4 N–H and O–H groups in total. The molecule has 37 heavy (non-hydrogen) atoms. The summed E-state index contributed by atoms with van der Waals surface area (Å²) in [6.45, 7) is 9.90. The Hall–Kier alpha value is -3.27. The predicted octanol–water partition coefficient (Wildman–Crippen LogP) is 3.26. The van der Waals surface area contributed by atoms with Gasteiger partial charge in [-0.05, 0) is 79.9 Å². The van der Waals surface area contributed by atoms with E-state index in [9.17, 15) is 15.0 Å². The van der Waals surface area contributed by atoms with Gasteiger partial charge in [0.1, 0.15) is 18.5 Å². The summed E-state index contributed by atoms with van der Waals surface area (Å²) in [5, 5.41) is 23.9. The zero-order valence-electron chi connectivity index (χ0n) is 22.3. The van der Waals surface area contributed by atoms with E-state index in [1.807, 2.05) is 26.0 Å². The number of aryl methyl sites for hydroxylation is 3. The lowest BCUT2D eigenvalue weighted by Crippen LogP contribution is -2.33. The smallest absolute Gasteiger partial charge is 0.258 e. The van der Waals surface area contributed by atoms with Crippen molar-refractivity contribution in [2.45, 2.75) is 65.7 Å². The number of aromatic nitrogens is 2. The number of primary amides is 1. The topological polar surface area (TPSA) is 135 Å². The number of amides is 1. The Labute approximate surface area is 218 Å². The monoisotopic (exact) mass is 510 g/mol. The SMILES string of the molecule is CCc1cc(CN(C)CC)cc(-c2nc(-c3cc(C)c(OC[C@@H](O)CC(O)C(N)=O)c(CC)c3)no2)c1. The van der Waals surface area contributed by atoms with Crippen LogP contribution in [0.1, 0.15) is 49.4 Å². The van der Waals surface area contributed by atoms with Crippen LogP contribution in [0.3, 0.4) is 0 Å². The fourth-order valence-corrected chi connectivity index (χ4v) is 4.13. The Kier molecular flexibility index (Phi) is 9.79. The van der Waals surface area contributed by atoms with Gasteiger partial charge in [0, 0.05) is 24.1 Å². The van der Waals surface area contributed by atoms with Crippen molar-refractivity contribution in [2.24, 2.45) is 5.73 Å². The number of benzene rings is 2. The molecule has 3 aromatic rings. The van der Waals surface area contributed by atoms with E-state index in [2.05, 4.69) is 49.2 Å². The number of nitrogens with two attached hydrogens (primary N) is 1. The third kappa shape index (κ3) is 7.38. The fourth-order valence-electron chi connectivity index (χ4n) is 4.13. The molecule has 1 heterocycles. The number of nitrogens with zero attached hydrogens (tertiary/aromatic N) is 3. The molecule has 200 valence electrons. The highest BCUT2D eigenvalue weighted by Crippen LogP contribution is 2.32. The van der Waals surface area contributed by atoms with Crippen molar-refractivity contribution < 1.29 is 24.3 Å². The van der Waals surface area contributed by atoms with Crippen LogP contribution < -0.4 is 10.5 Å². The van der Waals surface area contributed by atoms with Gasteiger partial charge in [0.25, 0.3) is 5.89 Å². The first-order chi connectivity index (χ1) is 17.6. The van der Waals surface area contributed by atoms with Crippen molar-refractivity contribution >= 4 is 5.91 Å². The second kappa shape index (κ2) is 12.8. The molecule has 1 amide bonds. The van der Waals surface area contributed by atoms with E-state index in [1.54, 1.807) is 0 Å². The molecule has 0 aliphatic rings. The van der Waals surface area contributed by atoms with Crippen molar-refractivity contribution in [3.63, 3.8) is 0 Å². The van der Waals surface area contributed by atoms with Crippen LogP contribution in [-0.4, -0.2) is 63.6 Å². The third-order valence-corrected chi connectivity index (χ3v) is 6.36. The van der Waals surface area contributed by atoms with E-state index in [0.29, 0.717) is 23.9 Å². The number of ether oxygens (including phenoxy) is 1. The summed E-state index contributed by atoms with van der Waals surface area (Å²) in [4.78, 5) is 18.0. The first-order valence-electron chi connectivity index (χ1n) is 12.7. The minimum absolute atomic E-state index is 0.0762. The Bertz CT molecular complexity index is 1210. The van der Waals surface area contributed by atoms with Crippen LogP contribution in [0.4, 0.5) is 0 Å². The molecule has 0 aliphatic heterocycles. The molecular formula is C28H38N4O5. The van der Waals surface area contributed by atoms with Gasteiger partial charge in [-0.25, -0.2) is 0 Å². The minimum atomic E-state index is -1.41. The highest BCUT2D eigenvalue weighted by atomic mass is 16.5. The van der Waals surface area contributed by atoms with Gasteiger partial charge in [-0.1, -0.05) is 32.0 Å². The van der Waals surface area contributed by atoms with Gasteiger partial charge < -0.3 is 30.1 Å². The van der Waals surface area contributed by atoms with Gasteiger partial charge >= 0.3 is 0 Å². The average molecular weight is 511 g/mol. The number of hydrogen-bond donors (Lipinski definition) is 3. The molecule has 9 nitrogen and oxygen atoms in total. The Balaban J connectivity index is 1.83. The third-order valence-electron chi connectivity index (χ3n) is 6.36. The Morgan fingerprint density at radius 2 is 1.81 bits per heavy atom. The second-order valence-electron chi connectivity index (χ2n) is 9.40. The largest absolute Gasteiger partial charge is 0.490 e. The summed E-state index contributed by atoms with van der Waals surface area (Å²) < 4.78 is 11.5. The molecule has 0 spiro atoms. The van der Waals surface area contributed by atoms with Gasteiger partial charge in [0.15, 0.2) is 0 Å². The quantitative estimate of drug-likeness (QED) is 0.319. The van der Waals surface area contributed by atoms with Crippen LogP contribution in [-0.2, 0) is 24.2 Å². The van der Waals surface area contributed by atoms with Crippen LogP contribution in [0.5, 0.6) is 5.75 Å². The van der Waals surface area contributed by atoms with Crippen molar-refractivity contribution in [1.82, 2.24) is 15.0 Å².